The second-order valence-corrected chi connectivity index (χ2v) is 12.8. The van der Waals surface area contributed by atoms with Crippen LogP contribution < -0.4 is 15.5 Å². The number of para-hydroxylation sites is 1. The maximum Gasteiger partial charge on any atom is 0.326 e. The number of piperidine rings is 1. The van der Waals surface area contributed by atoms with E-state index in [1.54, 1.807) is 19.1 Å². The van der Waals surface area contributed by atoms with Crippen LogP contribution in [0.1, 0.15) is 62.3 Å². The van der Waals surface area contributed by atoms with Crippen LogP contribution in [0.15, 0.2) is 66.9 Å². The summed E-state index contributed by atoms with van der Waals surface area (Å²) in [5.74, 6) is 1.06. The Hall–Kier alpha value is -3.82. The van der Waals surface area contributed by atoms with Crippen LogP contribution in [0.5, 0.6) is 0 Å². The zero-order valence-corrected chi connectivity index (χ0v) is 26.4. The third-order valence-corrected chi connectivity index (χ3v) is 9.52. The van der Waals surface area contributed by atoms with Crippen molar-refractivity contribution in [2.24, 2.45) is 0 Å². The molecule has 3 aromatic rings. The van der Waals surface area contributed by atoms with Gasteiger partial charge >= 0.3 is 12.1 Å². The molecule has 2 saturated heterocycles. The molecule has 3 aliphatic heterocycles. The summed E-state index contributed by atoms with van der Waals surface area (Å²) in [6, 6.07) is 18.3. The standard InChI is InChI=1S/C34H42ClN7O2/c1-23(2)36-33(43)39-19-16-32-31(22-39)37-24(3)42(32)30-20-28-14-15-29(21-30)40(28)17-7-18-41(27-8-5-4-6-9-27)34(44)38-26-12-10-25(35)11-13-26/h4-6,8-13,28-30H,1,7,14-22H2,2-3H3,(H,36,43)(H,38,44)/t28-,29+,30?. The van der Waals surface area contributed by atoms with Crippen molar-refractivity contribution in [1.29, 1.82) is 0 Å². The number of carbonyl (C=O) groups is 2. The van der Waals surface area contributed by atoms with E-state index in [2.05, 4.69) is 33.6 Å². The van der Waals surface area contributed by atoms with Gasteiger partial charge in [-0.25, -0.2) is 14.6 Å². The fourth-order valence-corrected chi connectivity index (χ4v) is 7.50. The lowest BCUT2D eigenvalue weighted by Gasteiger charge is -2.41. The van der Waals surface area contributed by atoms with Crippen molar-refractivity contribution < 1.29 is 9.59 Å². The minimum absolute atomic E-state index is 0.102. The van der Waals surface area contributed by atoms with Crippen molar-refractivity contribution in [2.45, 2.75) is 77.0 Å². The highest BCUT2D eigenvalue weighted by atomic mass is 35.5. The lowest BCUT2D eigenvalue weighted by molar-refractivity contribution is 0.104. The maximum atomic E-state index is 13.4. The number of anilines is 2. The molecule has 4 amide bonds. The van der Waals surface area contributed by atoms with Gasteiger partial charge < -0.3 is 20.1 Å². The number of aromatic nitrogens is 2. The number of fused-ring (bicyclic) bond motifs is 3. The Labute approximate surface area is 264 Å². The molecule has 2 bridgehead atoms. The van der Waals surface area contributed by atoms with E-state index in [4.69, 9.17) is 16.6 Å². The molecule has 0 radical (unpaired) electrons. The normalized spacial score (nSPS) is 21.1. The van der Waals surface area contributed by atoms with Crippen molar-refractivity contribution in [2.75, 3.05) is 29.9 Å². The van der Waals surface area contributed by atoms with Gasteiger partial charge in [0, 0.05) is 72.0 Å². The number of carbonyl (C=O) groups excluding carboxylic acids is 2. The highest BCUT2D eigenvalue weighted by Gasteiger charge is 2.42. The van der Waals surface area contributed by atoms with E-state index < -0.39 is 0 Å². The predicted octanol–water partition coefficient (Wildman–Crippen LogP) is 6.74. The van der Waals surface area contributed by atoms with Crippen molar-refractivity contribution in [3.8, 4) is 0 Å². The first-order valence-electron chi connectivity index (χ1n) is 15.7. The van der Waals surface area contributed by atoms with Crippen molar-refractivity contribution in [1.82, 2.24) is 24.7 Å². The number of amides is 4. The predicted molar refractivity (Wildman–Crippen MR) is 175 cm³/mol. The number of nitrogens with one attached hydrogen (secondary N) is 2. The van der Waals surface area contributed by atoms with Crippen LogP contribution in [0, 0.1) is 6.92 Å². The third kappa shape index (κ3) is 6.49. The van der Waals surface area contributed by atoms with Crippen molar-refractivity contribution in [3.05, 3.63) is 89.1 Å². The number of nitrogens with zero attached hydrogens (tertiary/aromatic N) is 5. The van der Waals surface area contributed by atoms with Gasteiger partial charge in [-0.2, -0.15) is 0 Å². The van der Waals surface area contributed by atoms with Crippen LogP contribution >= 0.6 is 11.6 Å². The summed E-state index contributed by atoms with van der Waals surface area (Å²) in [5.41, 5.74) is 4.58. The van der Waals surface area contributed by atoms with E-state index in [-0.39, 0.29) is 12.1 Å². The summed E-state index contributed by atoms with van der Waals surface area (Å²) in [7, 11) is 0. The van der Waals surface area contributed by atoms with Crippen molar-refractivity contribution in [3.63, 3.8) is 0 Å². The molecule has 2 aromatic carbocycles. The molecule has 2 fully saturated rings. The Morgan fingerprint density at radius 3 is 2.43 bits per heavy atom. The van der Waals surface area contributed by atoms with Crippen LogP contribution in [0.2, 0.25) is 5.02 Å². The van der Waals surface area contributed by atoms with E-state index in [1.807, 2.05) is 52.3 Å². The number of allylic oxidation sites excluding steroid dienone is 1. The number of hydrogen-bond donors (Lipinski definition) is 2. The van der Waals surface area contributed by atoms with Crippen LogP contribution in [-0.2, 0) is 13.0 Å². The Morgan fingerprint density at radius 1 is 1.05 bits per heavy atom. The SMILES string of the molecule is C=C(C)NC(=O)N1CCc2c(nc(C)n2C2C[C@H]3CC[C@@H](C2)N3CCCN(C(=O)Nc2ccc(Cl)cc2)c2ccccc2)C1. The molecule has 3 aliphatic rings. The Morgan fingerprint density at radius 2 is 1.75 bits per heavy atom. The summed E-state index contributed by atoms with van der Waals surface area (Å²) in [4.78, 5) is 37.2. The van der Waals surface area contributed by atoms with Gasteiger partial charge in [-0.1, -0.05) is 36.4 Å². The Kier molecular flexibility index (Phi) is 8.96. The number of aryl methyl sites for hydroxylation is 1. The zero-order chi connectivity index (χ0) is 30.8. The van der Waals surface area contributed by atoms with Gasteiger partial charge in [-0.3, -0.25) is 9.80 Å². The molecule has 4 heterocycles. The first kappa shape index (κ1) is 30.2. The first-order valence-corrected chi connectivity index (χ1v) is 16.1. The summed E-state index contributed by atoms with van der Waals surface area (Å²) in [6.45, 7) is 10.5. The summed E-state index contributed by atoms with van der Waals surface area (Å²) in [5, 5.41) is 6.50. The first-order chi connectivity index (χ1) is 21.3. The highest BCUT2D eigenvalue weighted by Crippen LogP contribution is 2.42. The van der Waals surface area contributed by atoms with E-state index >= 15 is 0 Å². The molecule has 0 aliphatic carbocycles. The number of urea groups is 2. The molecule has 6 rings (SSSR count). The molecule has 2 N–H and O–H groups in total. The molecular weight excluding hydrogens is 574 g/mol. The lowest BCUT2D eigenvalue weighted by Crippen LogP contribution is -2.46. The van der Waals surface area contributed by atoms with Gasteiger partial charge in [0.2, 0.25) is 0 Å². The van der Waals surface area contributed by atoms with Crippen molar-refractivity contribution >= 4 is 35.0 Å². The number of imidazole rings is 1. The fourth-order valence-electron chi connectivity index (χ4n) is 7.37. The maximum absolute atomic E-state index is 13.4. The second kappa shape index (κ2) is 13.0. The van der Waals surface area contributed by atoms with Crippen LogP contribution in [0.4, 0.5) is 21.0 Å². The Balaban J connectivity index is 1.08. The molecule has 1 unspecified atom stereocenters. The van der Waals surface area contributed by atoms with Gasteiger partial charge in [0.1, 0.15) is 5.82 Å². The molecule has 10 heteroatoms. The lowest BCUT2D eigenvalue weighted by atomic mass is 9.95. The average molecular weight is 616 g/mol. The smallest absolute Gasteiger partial charge is 0.326 e. The minimum atomic E-state index is -0.142. The van der Waals surface area contributed by atoms with E-state index in [0.717, 1.165) is 55.1 Å². The quantitative estimate of drug-likeness (QED) is 0.294. The summed E-state index contributed by atoms with van der Waals surface area (Å²) in [6.07, 6.45) is 6.36. The Bertz CT molecular complexity index is 1490. The average Bonchev–Trinajstić information content (AvgIpc) is 3.45. The van der Waals surface area contributed by atoms with E-state index in [1.165, 1.54) is 18.5 Å². The fraction of sp³-hybridized carbons (Fsp3) is 0.441. The number of hydrogen-bond acceptors (Lipinski definition) is 4. The molecule has 3 atom stereocenters. The monoisotopic (exact) mass is 615 g/mol. The third-order valence-electron chi connectivity index (χ3n) is 9.27. The second-order valence-electron chi connectivity index (χ2n) is 12.3. The number of halogens is 1. The van der Waals surface area contributed by atoms with Gasteiger partial charge in [0.15, 0.2) is 0 Å². The van der Waals surface area contributed by atoms with Gasteiger partial charge in [0.05, 0.1) is 12.2 Å². The molecule has 1 aromatic heterocycles. The highest BCUT2D eigenvalue weighted by molar-refractivity contribution is 6.30. The number of rotatable bonds is 8. The van der Waals surface area contributed by atoms with E-state index in [9.17, 15) is 9.59 Å². The summed E-state index contributed by atoms with van der Waals surface area (Å²) >= 11 is 6.03. The van der Waals surface area contributed by atoms with Crippen LogP contribution in [-0.4, -0.2) is 63.1 Å². The number of benzene rings is 2. The minimum Gasteiger partial charge on any atom is -0.329 e. The van der Waals surface area contributed by atoms with E-state index in [0.29, 0.717) is 48.5 Å². The van der Waals surface area contributed by atoms with Gasteiger partial charge in [-0.15, -0.1) is 0 Å². The van der Waals surface area contributed by atoms with Gasteiger partial charge in [0.25, 0.3) is 0 Å². The summed E-state index contributed by atoms with van der Waals surface area (Å²) < 4.78 is 2.49. The van der Waals surface area contributed by atoms with Gasteiger partial charge in [-0.05, 0) is 82.3 Å². The van der Waals surface area contributed by atoms with Crippen LogP contribution in [0.3, 0.4) is 0 Å². The molecule has 0 saturated carbocycles. The molecular formula is C34H42ClN7O2. The molecule has 9 nitrogen and oxygen atoms in total. The molecule has 0 spiro atoms. The zero-order valence-electron chi connectivity index (χ0n) is 25.6. The molecule has 44 heavy (non-hydrogen) atoms. The van der Waals surface area contributed by atoms with Crippen LogP contribution in [0.25, 0.3) is 0 Å². The topological polar surface area (TPSA) is 85.7 Å². The largest absolute Gasteiger partial charge is 0.329 e. The molecule has 232 valence electrons.